The molecule has 0 N–H and O–H groups in total. The second-order valence-corrected chi connectivity index (χ2v) is 4.39. The molecule has 2 nitrogen and oxygen atoms in total. The summed E-state index contributed by atoms with van der Waals surface area (Å²) in [7, 11) is 0. The van der Waals surface area contributed by atoms with Crippen LogP contribution in [-0.4, -0.2) is 29.2 Å². The van der Waals surface area contributed by atoms with Gasteiger partial charge in [0.25, 0.3) is 0 Å². The van der Waals surface area contributed by atoms with Crippen molar-refractivity contribution in [3.63, 3.8) is 0 Å². The second-order valence-electron chi connectivity index (χ2n) is 4.39. The van der Waals surface area contributed by atoms with E-state index in [4.69, 9.17) is 0 Å². The van der Waals surface area contributed by atoms with E-state index in [0.717, 1.165) is 0 Å². The van der Waals surface area contributed by atoms with Crippen LogP contribution in [-0.2, 0) is 0 Å². The number of unbranched alkanes of at least 4 members (excludes halogenated alkanes) is 1. The van der Waals surface area contributed by atoms with E-state index >= 15 is 0 Å². The van der Waals surface area contributed by atoms with Gasteiger partial charge in [-0.3, -0.25) is 9.59 Å². The van der Waals surface area contributed by atoms with E-state index in [1.54, 1.807) is 48.5 Å². The molecule has 0 aliphatic rings. The van der Waals surface area contributed by atoms with Crippen LogP contribution in [0, 0.1) is 0 Å². The fraction of sp³-hybridized carbons (Fsp3) is 0.222. The van der Waals surface area contributed by atoms with Crippen LogP contribution in [0.2, 0.25) is 0 Å². The number of carbonyl (C=O) groups is 2. The van der Waals surface area contributed by atoms with Crippen molar-refractivity contribution in [2.45, 2.75) is 26.7 Å². The van der Waals surface area contributed by atoms with E-state index in [9.17, 15) is 9.59 Å². The maximum atomic E-state index is 11.8. The zero-order chi connectivity index (χ0) is 14.8. The third-order valence-corrected chi connectivity index (χ3v) is 2.78. The first-order chi connectivity index (χ1) is 9.70. The van der Waals surface area contributed by atoms with Crippen LogP contribution in [0.1, 0.15) is 47.4 Å². The van der Waals surface area contributed by atoms with E-state index < -0.39 is 11.6 Å². The van der Waals surface area contributed by atoms with Gasteiger partial charge in [0.05, 0.1) is 0 Å². The first-order valence-corrected chi connectivity index (χ1v) is 6.89. The minimum absolute atomic E-state index is 0. The van der Waals surface area contributed by atoms with Crippen LogP contribution in [0.25, 0.3) is 0 Å². The first kappa shape index (κ1) is 19.3. The summed E-state index contributed by atoms with van der Waals surface area (Å²) in [6.45, 7) is 4.36. The van der Waals surface area contributed by atoms with Crippen molar-refractivity contribution in [2.75, 3.05) is 0 Å². The Balaban J connectivity index is 0.000000715. The molecule has 0 heterocycles. The average molecular weight is 345 g/mol. The predicted molar refractivity (Wildman–Crippen MR) is 93.5 cm³/mol. The van der Waals surface area contributed by atoms with Crippen LogP contribution in [0.3, 0.4) is 0 Å². The first-order valence-electron chi connectivity index (χ1n) is 6.89. The number of carbonyl (C=O) groups excluding carboxylic acids is 2. The van der Waals surface area contributed by atoms with Gasteiger partial charge in [0.1, 0.15) is 0 Å². The fourth-order valence-electron chi connectivity index (χ4n) is 1.44. The van der Waals surface area contributed by atoms with E-state index in [0.29, 0.717) is 11.1 Å². The Kier molecular flexibility index (Phi) is 10.2. The van der Waals surface area contributed by atoms with Crippen LogP contribution in [0.5, 0.6) is 0 Å². The van der Waals surface area contributed by atoms with Gasteiger partial charge in [0.2, 0.25) is 11.6 Å². The molecular weight excluding hydrogens is 321 g/mol. The average Bonchev–Trinajstić information content (AvgIpc) is 2.55. The molecule has 21 heavy (non-hydrogen) atoms. The SMILES string of the molecule is CCCC.O=C(C(=O)c1ccccc1)c1ccccc1.[GeH4]. The summed E-state index contributed by atoms with van der Waals surface area (Å²) in [6.07, 6.45) is 2.64. The Morgan fingerprint density at radius 2 is 0.952 bits per heavy atom. The van der Waals surface area contributed by atoms with Gasteiger partial charge in [-0.15, -0.1) is 0 Å². The van der Waals surface area contributed by atoms with Gasteiger partial charge in [0, 0.05) is 11.1 Å². The molecule has 0 radical (unpaired) electrons. The topological polar surface area (TPSA) is 34.1 Å². The van der Waals surface area contributed by atoms with Crippen LogP contribution in [0.4, 0.5) is 0 Å². The van der Waals surface area contributed by atoms with Crippen molar-refractivity contribution in [3.05, 3.63) is 71.8 Å². The van der Waals surface area contributed by atoms with Gasteiger partial charge in [-0.25, -0.2) is 0 Å². The molecule has 0 aromatic heterocycles. The molecule has 2 aromatic carbocycles. The minimum atomic E-state index is -0.466. The van der Waals surface area contributed by atoms with Gasteiger partial charge >= 0.3 is 17.6 Å². The zero-order valence-corrected chi connectivity index (χ0v) is 12.0. The molecule has 0 atom stereocenters. The Morgan fingerprint density at radius 3 is 1.19 bits per heavy atom. The molecule has 0 spiro atoms. The van der Waals surface area contributed by atoms with E-state index in [2.05, 4.69) is 13.8 Å². The standard InChI is InChI=1S/C14H10O2.C4H10.GeH4/c15-13(11-7-3-1-4-8-11)14(16)12-9-5-2-6-10-12;1-3-4-2;/h1-10H;3-4H2,1-2H3;1H4. The van der Waals surface area contributed by atoms with Gasteiger partial charge in [0.15, 0.2) is 0 Å². The normalized spacial score (nSPS) is 8.86. The van der Waals surface area contributed by atoms with E-state index in [1.165, 1.54) is 12.8 Å². The molecule has 0 aliphatic carbocycles. The zero-order valence-electron chi connectivity index (χ0n) is 12.0. The monoisotopic (exact) mass is 346 g/mol. The number of hydrogen-bond donors (Lipinski definition) is 0. The quantitative estimate of drug-likeness (QED) is 0.485. The van der Waals surface area contributed by atoms with E-state index in [1.807, 2.05) is 12.1 Å². The molecular formula is C18H24GeO2. The van der Waals surface area contributed by atoms with Gasteiger partial charge in [-0.05, 0) is 0 Å². The predicted octanol–water partition coefficient (Wildman–Crippen LogP) is 3.11. The third-order valence-electron chi connectivity index (χ3n) is 2.78. The van der Waals surface area contributed by atoms with Crippen molar-refractivity contribution >= 4 is 29.2 Å². The Bertz CT molecular complexity index is 484. The molecule has 0 amide bonds. The second kappa shape index (κ2) is 11.0. The maximum absolute atomic E-state index is 11.8. The summed E-state index contributed by atoms with van der Waals surface area (Å²) in [5.41, 5.74) is 0.854. The van der Waals surface area contributed by atoms with Gasteiger partial charge in [-0.1, -0.05) is 87.4 Å². The number of benzene rings is 2. The molecule has 0 saturated heterocycles. The number of rotatable bonds is 4. The van der Waals surface area contributed by atoms with Crippen LogP contribution in [0.15, 0.2) is 60.7 Å². The summed E-state index contributed by atoms with van der Waals surface area (Å²) >= 11 is 0. The Hall–Kier alpha value is -1.68. The van der Waals surface area contributed by atoms with Crippen LogP contribution >= 0.6 is 0 Å². The summed E-state index contributed by atoms with van der Waals surface area (Å²) < 4.78 is 0. The van der Waals surface area contributed by atoms with Crippen LogP contribution < -0.4 is 0 Å². The summed E-state index contributed by atoms with van der Waals surface area (Å²) in [6, 6.07) is 17.2. The number of ketones is 2. The molecule has 2 rings (SSSR count). The Labute approximate surface area is 137 Å². The van der Waals surface area contributed by atoms with Gasteiger partial charge in [-0.2, -0.15) is 0 Å². The molecule has 112 valence electrons. The van der Waals surface area contributed by atoms with Crippen molar-refractivity contribution in [1.29, 1.82) is 0 Å². The fourth-order valence-corrected chi connectivity index (χ4v) is 1.44. The molecule has 3 heteroatoms. The Morgan fingerprint density at radius 1 is 0.667 bits per heavy atom. The summed E-state index contributed by atoms with van der Waals surface area (Å²) in [5.74, 6) is -0.932. The molecule has 0 bridgehead atoms. The number of Topliss-reactive ketones (excluding diaryl/α,β-unsaturated/α-hetero) is 2. The molecule has 0 unspecified atom stereocenters. The summed E-state index contributed by atoms with van der Waals surface area (Å²) in [4.78, 5) is 23.6. The molecule has 0 saturated carbocycles. The molecule has 0 fully saturated rings. The third kappa shape index (κ3) is 6.54. The number of hydrogen-bond acceptors (Lipinski definition) is 2. The van der Waals surface area contributed by atoms with Crippen molar-refractivity contribution in [2.24, 2.45) is 0 Å². The van der Waals surface area contributed by atoms with E-state index in [-0.39, 0.29) is 17.6 Å². The van der Waals surface area contributed by atoms with Gasteiger partial charge < -0.3 is 0 Å². The van der Waals surface area contributed by atoms with Crippen molar-refractivity contribution in [1.82, 2.24) is 0 Å². The van der Waals surface area contributed by atoms with Crippen molar-refractivity contribution in [3.8, 4) is 0 Å². The molecule has 0 aliphatic heterocycles. The van der Waals surface area contributed by atoms with Crippen molar-refractivity contribution < 1.29 is 9.59 Å². The summed E-state index contributed by atoms with van der Waals surface area (Å²) in [5, 5.41) is 0. The molecule has 2 aromatic rings.